The third-order valence-corrected chi connectivity index (χ3v) is 3.22. The number of hydrogen-bond acceptors (Lipinski definition) is 4. The Kier molecular flexibility index (Phi) is 6.29. The first-order valence-electron chi connectivity index (χ1n) is 7.59. The highest BCUT2D eigenvalue weighted by Crippen LogP contribution is 2.20. The van der Waals surface area contributed by atoms with E-state index in [1.807, 2.05) is 6.92 Å². The van der Waals surface area contributed by atoms with Crippen LogP contribution < -0.4 is 15.8 Å². The lowest BCUT2D eigenvalue weighted by molar-refractivity contribution is 0.0951. The molecule has 1 heterocycles. The van der Waals surface area contributed by atoms with Gasteiger partial charge < -0.3 is 15.8 Å². The molecule has 1 amide bonds. The van der Waals surface area contributed by atoms with E-state index in [1.54, 1.807) is 6.07 Å². The molecule has 2 aromatic rings. The van der Waals surface area contributed by atoms with Crippen molar-refractivity contribution in [1.82, 2.24) is 10.3 Å². The maximum atomic E-state index is 14.4. The van der Waals surface area contributed by atoms with Crippen LogP contribution in [-0.4, -0.2) is 17.5 Å². The molecule has 0 saturated carbocycles. The summed E-state index contributed by atoms with van der Waals surface area (Å²) >= 11 is 0. The molecule has 0 bridgehead atoms. The van der Waals surface area contributed by atoms with Gasteiger partial charge in [-0.05, 0) is 18.2 Å². The third-order valence-electron chi connectivity index (χ3n) is 3.22. The van der Waals surface area contributed by atoms with Gasteiger partial charge in [-0.25, -0.2) is 9.37 Å². The summed E-state index contributed by atoms with van der Waals surface area (Å²) in [5.74, 6) is 3.46. The molecule has 25 heavy (non-hydrogen) atoms. The fourth-order valence-electron chi connectivity index (χ4n) is 2.01. The summed E-state index contributed by atoms with van der Waals surface area (Å²) in [4.78, 5) is 15.4. The van der Waals surface area contributed by atoms with Crippen molar-refractivity contribution in [1.29, 1.82) is 0 Å². The highest BCUT2D eigenvalue weighted by molar-refractivity contribution is 5.98. The van der Waals surface area contributed by atoms with Gasteiger partial charge in [0.25, 0.3) is 5.91 Å². The zero-order chi connectivity index (χ0) is 18.2. The summed E-state index contributed by atoms with van der Waals surface area (Å²) in [6, 6.07) is 6.86. The predicted octanol–water partition coefficient (Wildman–Crippen LogP) is 2.66. The number of amides is 1. The van der Waals surface area contributed by atoms with Crippen LogP contribution in [0, 0.1) is 23.6 Å². The number of carbonyl (C=O) groups is 1. The van der Waals surface area contributed by atoms with Crippen molar-refractivity contribution in [2.45, 2.75) is 19.9 Å². The van der Waals surface area contributed by atoms with E-state index in [1.165, 1.54) is 18.2 Å². The second-order valence-corrected chi connectivity index (χ2v) is 4.97. The molecule has 0 unspecified atom stereocenters. The molecule has 0 saturated heterocycles. The van der Waals surface area contributed by atoms with Crippen LogP contribution in [0.5, 0.6) is 5.75 Å². The quantitative estimate of drug-likeness (QED) is 0.645. The summed E-state index contributed by atoms with van der Waals surface area (Å²) < 4.78 is 32.5. The van der Waals surface area contributed by atoms with Gasteiger partial charge in [0.2, 0.25) is 5.95 Å². The Bertz CT molecular complexity index is 829. The van der Waals surface area contributed by atoms with Gasteiger partial charge >= 0.3 is 0 Å². The van der Waals surface area contributed by atoms with E-state index in [4.69, 9.17) is 10.5 Å². The SMILES string of the molecule is CCC#CCOc1cccc(CNC(=O)c2ccc(F)nc2N)c1F. The number of nitrogens with one attached hydrogen (secondary N) is 1. The molecule has 1 aromatic heterocycles. The smallest absolute Gasteiger partial charge is 0.255 e. The molecular weight excluding hydrogens is 328 g/mol. The number of nitrogens with two attached hydrogens (primary N) is 1. The van der Waals surface area contributed by atoms with Crippen LogP contribution in [0.3, 0.4) is 0 Å². The van der Waals surface area contributed by atoms with E-state index in [0.717, 1.165) is 6.07 Å². The van der Waals surface area contributed by atoms with E-state index >= 15 is 0 Å². The van der Waals surface area contributed by atoms with E-state index in [9.17, 15) is 13.6 Å². The molecule has 0 aliphatic carbocycles. The molecule has 0 aliphatic heterocycles. The molecule has 0 fully saturated rings. The maximum absolute atomic E-state index is 14.4. The summed E-state index contributed by atoms with van der Waals surface area (Å²) in [5, 5.41) is 2.52. The number of rotatable bonds is 5. The standard InChI is InChI=1S/C18H17F2N3O2/c1-2-3-4-10-25-14-7-5-6-12(16(14)20)11-22-18(24)13-8-9-15(19)23-17(13)21/h5-9H,2,10-11H2,1H3,(H2,21,23)(H,22,24). The van der Waals surface area contributed by atoms with Crippen molar-refractivity contribution in [2.24, 2.45) is 0 Å². The maximum Gasteiger partial charge on any atom is 0.255 e. The van der Waals surface area contributed by atoms with Crippen molar-refractivity contribution in [2.75, 3.05) is 12.3 Å². The van der Waals surface area contributed by atoms with Crippen molar-refractivity contribution in [3.63, 3.8) is 0 Å². The first-order chi connectivity index (χ1) is 12.0. The number of ether oxygens (including phenoxy) is 1. The number of nitrogen functional groups attached to an aromatic ring is 1. The molecule has 7 heteroatoms. The Morgan fingerprint density at radius 3 is 2.80 bits per heavy atom. The molecule has 5 nitrogen and oxygen atoms in total. The van der Waals surface area contributed by atoms with Gasteiger partial charge in [0, 0.05) is 18.5 Å². The second-order valence-electron chi connectivity index (χ2n) is 4.97. The van der Waals surface area contributed by atoms with Crippen LogP contribution in [0.4, 0.5) is 14.6 Å². The van der Waals surface area contributed by atoms with Crippen molar-refractivity contribution >= 4 is 11.7 Å². The number of hydrogen-bond donors (Lipinski definition) is 2. The van der Waals surface area contributed by atoms with Gasteiger partial charge in [-0.3, -0.25) is 4.79 Å². The minimum absolute atomic E-state index is 0.0176. The van der Waals surface area contributed by atoms with Crippen molar-refractivity contribution < 1.29 is 18.3 Å². The second kappa shape index (κ2) is 8.64. The van der Waals surface area contributed by atoms with Crippen LogP contribution in [0.25, 0.3) is 0 Å². The van der Waals surface area contributed by atoms with E-state index in [0.29, 0.717) is 6.42 Å². The van der Waals surface area contributed by atoms with Gasteiger partial charge in [-0.15, -0.1) is 5.92 Å². The van der Waals surface area contributed by atoms with Crippen molar-refractivity contribution in [3.05, 3.63) is 53.2 Å². The largest absolute Gasteiger partial charge is 0.478 e. The Labute approximate surface area is 144 Å². The number of carbonyl (C=O) groups excluding carboxylic acids is 1. The number of halogens is 2. The lowest BCUT2D eigenvalue weighted by Gasteiger charge is -2.10. The molecule has 3 N–H and O–H groups in total. The number of benzene rings is 1. The first-order valence-corrected chi connectivity index (χ1v) is 7.59. The minimum atomic E-state index is -0.781. The average molecular weight is 345 g/mol. The van der Waals surface area contributed by atoms with Gasteiger partial charge in [-0.2, -0.15) is 4.39 Å². The van der Waals surface area contributed by atoms with Crippen LogP contribution >= 0.6 is 0 Å². The molecule has 0 radical (unpaired) electrons. The van der Waals surface area contributed by atoms with Gasteiger partial charge in [-0.1, -0.05) is 25.0 Å². The first kappa shape index (κ1) is 18.2. The fourth-order valence-corrected chi connectivity index (χ4v) is 2.01. The van der Waals surface area contributed by atoms with Gasteiger partial charge in [0.15, 0.2) is 11.6 Å². The van der Waals surface area contributed by atoms with Crippen molar-refractivity contribution in [3.8, 4) is 17.6 Å². The summed E-state index contributed by atoms with van der Waals surface area (Å²) in [6.07, 6.45) is 0.694. The highest BCUT2D eigenvalue weighted by atomic mass is 19.1. The Morgan fingerprint density at radius 1 is 1.28 bits per heavy atom. The third kappa shape index (κ3) is 4.91. The Morgan fingerprint density at radius 2 is 2.08 bits per heavy atom. The average Bonchev–Trinajstić information content (AvgIpc) is 2.58. The topological polar surface area (TPSA) is 77.2 Å². The molecule has 0 aliphatic rings. The molecule has 1 aromatic carbocycles. The number of nitrogens with zero attached hydrogens (tertiary/aromatic N) is 1. The van der Waals surface area contributed by atoms with E-state index in [-0.39, 0.29) is 35.8 Å². The lowest BCUT2D eigenvalue weighted by atomic mass is 10.2. The molecule has 130 valence electrons. The molecule has 0 spiro atoms. The lowest BCUT2D eigenvalue weighted by Crippen LogP contribution is -2.24. The zero-order valence-electron chi connectivity index (χ0n) is 13.6. The van der Waals surface area contributed by atoms with Gasteiger partial charge in [0.1, 0.15) is 12.4 Å². The number of pyridine rings is 1. The Balaban J connectivity index is 2.04. The summed E-state index contributed by atoms with van der Waals surface area (Å²) in [5.41, 5.74) is 5.76. The monoisotopic (exact) mass is 345 g/mol. The van der Waals surface area contributed by atoms with Crippen LogP contribution in [0.1, 0.15) is 29.3 Å². The van der Waals surface area contributed by atoms with Gasteiger partial charge in [0.05, 0.1) is 5.56 Å². The molecular formula is C18H17F2N3O2. The fraction of sp³-hybridized carbons (Fsp3) is 0.222. The van der Waals surface area contributed by atoms with Crippen LogP contribution in [-0.2, 0) is 6.54 Å². The summed E-state index contributed by atoms with van der Waals surface area (Å²) in [6.45, 7) is 1.90. The summed E-state index contributed by atoms with van der Waals surface area (Å²) in [7, 11) is 0. The number of anilines is 1. The molecule has 2 rings (SSSR count). The zero-order valence-corrected chi connectivity index (χ0v) is 13.6. The normalized spacial score (nSPS) is 9.88. The molecule has 0 atom stereocenters. The van der Waals surface area contributed by atoms with Crippen LogP contribution in [0.2, 0.25) is 0 Å². The van der Waals surface area contributed by atoms with E-state index in [2.05, 4.69) is 22.1 Å². The highest BCUT2D eigenvalue weighted by Gasteiger charge is 2.14. The predicted molar refractivity (Wildman–Crippen MR) is 89.7 cm³/mol. The number of aromatic nitrogens is 1. The van der Waals surface area contributed by atoms with E-state index < -0.39 is 17.7 Å². The minimum Gasteiger partial charge on any atom is -0.478 e. The Hall–Kier alpha value is -3.14. The van der Waals surface area contributed by atoms with Crippen LogP contribution in [0.15, 0.2) is 30.3 Å².